The lowest BCUT2D eigenvalue weighted by molar-refractivity contribution is -0.130. The van der Waals surface area contributed by atoms with Crippen molar-refractivity contribution in [1.82, 2.24) is 24.3 Å². The summed E-state index contributed by atoms with van der Waals surface area (Å²) in [4.78, 5) is 42.9. The third-order valence-corrected chi connectivity index (χ3v) is 9.46. The van der Waals surface area contributed by atoms with Crippen LogP contribution < -0.4 is 15.8 Å². The number of nitrogens with zero attached hydrogens (tertiary/aromatic N) is 6. The third kappa shape index (κ3) is 5.88. The summed E-state index contributed by atoms with van der Waals surface area (Å²) in [6.45, 7) is 10.8. The molecule has 2 aliphatic heterocycles. The first-order valence-electron chi connectivity index (χ1n) is 15.0. The maximum absolute atomic E-state index is 14.4. The van der Waals surface area contributed by atoms with Gasteiger partial charge in [0.2, 0.25) is 11.9 Å². The van der Waals surface area contributed by atoms with Gasteiger partial charge >= 0.3 is 0 Å². The van der Waals surface area contributed by atoms with Crippen molar-refractivity contribution in [3.8, 4) is 11.1 Å². The van der Waals surface area contributed by atoms with Crippen LogP contribution in [0.25, 0.3) is 22.2 Å². The zero-order chi connectivity index (χ0) is 31.1. The first-order chi connectivity index (χ1) is 21.1. The van der Waals surface area contributed by atoms with Crippen LogP contribution in [0, 0.1) is 13.8 Å². The number of likely N-dealkylation sites (tertiary alicyclic amines) is 1. The summed E-state index contributed by atoms with van der Waals surface area (Å²) >= 11 is 12.8. The van der Waals surface area contributed by atoms with Crippen molar-refractivity contribution in [1.29, 1.82) is 0 Å². The lowest BCUT2D eigenvalue weighted by atomic mass is 9.98. The van der Waals surface area contributed by atoms with Gasteiger partial charge in [-0.3, -0.25) is 14.2 Å². The summed E-state index contributed by atoms with van der Waals surface area (Å²) in [6, 6.07) is 11.2. The number of pyridine rings is 1. The maximum atomic E-state index is 14.4. The quantitative estimate of drug-likeness (QED) is 0.286. The number of amides is 1. The van der Waals surface area contributed by atoms with Crippen molar-refractivity contribution < 1.29 is 4.79 Å². The number of rotatable bonds is 5. The molecule has 0 bridgehead atoms. The number of hydrogen-bond acceptors (Lipinski definition) is 7. The third-order valence-electron chi connectivity index (χ3n) is 8.91. The monoisotopic (exact) mass is 633 g/mol. The SMILES string of the molecule is CC(=O)N1CCCC(n2c(=O)c(-c3ccc(Cl)cc3Cl)c(C)c3cnc(Nc4ccc(N5CCN(C)CC5)c(C)c4)nc32)C1. The average Bonchev–Trinajstić information content (AvgIpc) is 2.99. The molecule has 2 aromatic carbocycles. The fourth-order valence-corrected chi connectivity index (χ4v) is 6.96. The molecule has 0 aliphatic carbocycles. The smallest absolute Gasteiger partial charge is 0.260 e. The van der Waals surface area contributed by atoms with Crippen molar-refractivity contribution in [2.75, 3.05) is 56.5 Å². The number of fused-ring (bicyclic) bond motifs is 1. The fraction of sp³-hybridized carbons (Fsp3) is 0.394. The van der Waals surface area contributed by atoms with E-state index in [0.29, 0.717) is 45.9 Å². The number of anilines is 3. The van der Waals surface area contributed by atoms with E-state index < -0.39 is 0 Å². The molecule has 1 atom stereocenters. The second kappa shape index (κ2) is 12.4. The van der Waals surface area contributed by atoms with Crippen LogP contribution in [0.1, 0.15) is 36.9 Å². The molecule has 0 saturated carbocycles. The second-order valence-corrected chi connectivity index (χ2v) is 12.8. The Labute approximate surface area is 267 Å². The summed E-state index contributed by atoms with van der Waals surface area (Å²) in [5.41, 5.74) is 5.42. The lowest BCUT2D eigenvalue weighted by Crippen LogP contribution is -2.44. The molecule has 2 aromatic heterocycles. The number of nitrogens with one attached hydrogen (secondary N) is 1. The molecule has 2 saturated heterocycles. The zero-order valence-corrected chi connectivity index (χ0v) is 27.0. The minimum Gasteiger partial charge on any atom is -0.369 e. The first-order valence-corrected chi connectivity index (χ1v) is 15.8. The largest absolute Gasteiger partial charge is 0.369 e. The van der Waals surface area contributed by atoms with Gasteiger partial charge in [0.15, 0.2) is 0 Å². The zero-order valence-electron chi connectivity index (χ0n) is 25.5. The molecule has 4 aromatic rings. The number of halogens is 2. The van der Waals surface area contributed by atoms with E-state index in [1.165, 1.54) is 11.3 Å². The molecule has 4 heterocycles. The Kier molecular flexibility index (Phi) is 8.55. The van der Waals surface area contributed by atoms with Gasteiger partial charge in [0.05, 0.1) is 16.6 Å². The van der Waals surface area contributed by atoms with E-state index in [1.54, 1.807) is 40.8 Å². The molecule has 1 unspecified atom stereocenters. The average molecular weight is 635 g/mol. The molecule has 230 valence electrons. The van der Waals surface area contributed by atoms with E-state index in [9.17, 15) is 9.59 Å². The van der Waals surface area contributed by atoms with Crippen molar-refractivity contribution in [2.24, 2.45) is 0 Å². The highest BCUT2D eigenvalue weighted by Gasteiger charge is 2.28. The number of aryl methyl sites for hydroxylation is 2. The number of piperazine rings is 1. The fourth-order valence-electron chi connectivity index (χ4n) is 6.46. The van der Waals surface area contributed by atoms with Gasteiger partial charge in [0, 0.05) is 79.7 Å². The highest BCUT2D eigenvalue weighted by atomic mass is 35.5. The molecule has 0 spiro atoms. The highest BCUT2D eigenvalue weighted by Crippen LogP contribution is 2.35. The minimum absolute atomic E-state index is 0.00694. The van der Waals surface area contributed by atoms with Crippen molar-refractivity contribution in [3.63, 3.8) is 0 Å². The Morgan fingerprint density at radius 3 is 2.50 bits per heavy atom. The van der Waals surface area contributed by atoms with E-state index in [-0.39, 0.29) is 17.5 Å². The number of likely N-dealkylation sites (N-methyl/N-ethyl adjacent to an activating group) is 1. The van der Waals surface area contributed by atoms with Gasteiger partial charge in [-0.05, 0) is 75.2 Å². The van der Waals surface area contributed by atoms with Crippen molar-refractivity contribution in [2.45, 2.75) is 39.7 Å². The number of hydrogen-bond donors (Lipinski definition) is 1. The molecule has 9 nitrogen and oxygen atoms in total. The predicted octanol–water partition coefficient (Wildman–Crippen LogP) is 6.06. The molecular weight excluding hydrogens is 597 g/mol. The minimum atomic E-state index is -0.249. The summed E-state index contributed by atoms with van der Waals surface area (Å²) in [7, 11) is 2.16. The van der Waals surface area contributed by atoms with E-state index in [1.807, 2.05) is 13.0 Å². The van der Waals surface area contributed by atoms with Crippen LogP contribution in [-0.4, -0.2) is 76.6 Å². The number of aromatic nitrogens is 3. The lowest BCUT2D eigenvalue weighted by Gasteiger charge is -2.35. The van der Waals surface area contributed by atoms with Crippen LogP contribution in [0.5, 0.6) is 0 Å². The summed E-state index contributed by atoms with van der Waals surface area (Å²) in [5, 5.41) is 5.00. The summed E-state index contributed by atoms with van der Waals surface area (Å²) in [6.07, 6.45) is 3.30. The molecule has 1 N–H and O–H groups in total. The van der Waals surface area contributed by atoms with Crippen LogP contribution in [0.4, 0.5) is 17.3 Å². The maximum Gasteiger partial charge on any atom is 0.260 e. The molecule has 2 fully saturated rings. The molecular formula is C33H37Cl2N7O2. The molecule has 44 heavy (non-hydrogen) atoms. The van der Waals surface area contributed by atoms with Crippen LogP contribution in [0.3, 0.4) is 0 Å². The first kappa shape index (κ1) is 30.4. The summed E-state index contributed by atoms with van der Waals surface area (Å²) < 4.78 is 1.74. The Bertz CT molecular complexity index is 1800. The van der Waals surface area contributed by atoms with Gasteiger partial charge in [-0.1, -0.05) is 29.3 Å². The van der Waals surface area contributed by atoms with Gasteiger partial charge in [-0.25, -0.2) is 4.98 Å². The topological polar surface area (TPSA) is 86.6 Å². The van der Waals surface area contributed by atoms with Crippen LogP contribution in [0.15, 0.2) is 47.4 Å². The molecule has 2 aliphatic rings. The van der Waals surface area contributed by atoms with Gasteiger partial charge in [-0.2, -0.15) is 4.98 Å². The number of carbonyl (C=O) groups is 1. The van der Waals surface area contributed by atoms with E-state index >= 15 is 0 Å². The number of carbonyl (C=O) groups excluding carboxylic acids is 1. The second-order valence-electron chi connectivity index (χ2n) is 11.9. The normalized spacial score (nSPS) is 17.7. The van der Waals surface area contributed by atoms with E-state index in [4.69, 9.17) is 28.2 Å². The molecule has 0 radical (unpaired) electrons. The number of piperidine rings is 1. The van der Waals surface area contributed by atoms with Crippen LogP contribution in [-0.2, 0) is 4.79 Å². The van der Waals surface area contributed by atoms with Gasteiger partial charge < -0.3 is 20.0 Å². The molecule has 11 heteroatoms. The Balaban J connectivity index is 1.43. The Hall–Kier alpha value is -3.66. The van der Waals surface area contributed by atoms with Crippen LogP contribution in [0.2, 0.25) is 10.0 Å². The predicted molar refractivity (Wildman–Crippen MR) is 179 cm³/mol. The number of benzene rings is 2. The van der Waals surface area contributed by atoms with Gasteiger partial charge in [0.25, 0.3) is 5.56 Å². The van der Waals surface area contributed by atoms with Crippen molar-refractivity contribution in [3.05, 3.63) is 74.1 Å². The van der Waals surface area contributed by atoms with Gasteiger partial charge in [-0.15, -0.1) is 0 Å². The Morgan fingerprint density at radius 1 is 1.02 bits per heavy atom. The standard InChI is InChI=1S/C33H37Cl2N7O2/c1-20-16-24(8-10-29(20)40-14-12-39(4)13-15-40)37-33-36-18-27-21(2)30(26-9-7-23(34)17-28(26)35)32(44)42(31(27)38-33)25-6-5-11-41(19-25)22(3)43/h7-10,16-18,25H,5-6,11-15,19H2,1-4H3,(H,36,37,38). The highest BCUT2D eigenvalue weighted by molar-refractivity contribution is 6.36. The molecule has 6 rings (SSSR count). The molecule has 1 amide bonds. The van der Waals surface area contributed by atoms with Crippen molar-refractivity contribution >= 4 is 57.5 Å². The van der Waals surface area contributed by atoms with Crippen LogP contribution >= 0.6 is 23.2 Å². The Morgan fingerprint density at radius 2 is 1.80 bits per heavy atom. The van der Waals surface area contributed by atoms with E-state index in [2.05, 4.69) is 46.2 Å². The van der Waals surface area contributed by atoms with Gasteiger partial charge in [0.1, 0.15) is 5.65 Å². The summed E-state index contributed by atoms with van der Waals surface area (Å²) in [5.74, 6) is 0.390. The van der Waals surface area contributed by atoms with E-state index in [0.717, 1.165) is 55.7 Å².